The van der Waals surface area contributed by atoms with E-state index in [1.807, 2.05) is 34.9 Å². The fraction of sp³-hybridized carbons (Fsp3) is 0.0500. The van der Waals surface area contributed by atoms with Crippen LogP contribution in [0.4, 0.5) is 10.1 Å². The summed E-state index contributed by atoms with van der Waals surface area (Å²) >= 11 is 1.22. The highest BCUT2D eigenvalue weighted by atomic mass is 32.2. The molecule has 0 aliphatic rings. The molecule has 4 rings (SSSR count). The first-order valence-electron chi connectivity index (χ1n) is 8.66. The summed E-state index contributed by atoms with van der Waals surface area (Å²) in [5.74, 6) is -0.0726. The SMILES string of the molecule is O=C(CSc1nnc(-c2cnccn2)n1-c1ccccc1)Nc1cccc(F)c1. The van der Waals surface area contributed by atoms with Crippen molar-refractivity contribution in [3.63, 3.8) is 0 Å². The lowest BCUT2D eigenvalue weighted by Crippen LogP contribution is -2.14. The number of anilines is 1. The van der Waals surface area contributed by atoms with Gasteiger partial charge < -0.3 is 5.32 Å². The van der Waals surface area contributed by atoms with Crippen molar-refractivity contribution < 1.29 is 9.18 Å². The summed E-state index contributed by atoms with van der Waals surface area (Å²) in [6.07, 6.45) is 4.77. The number of halogens is 1. The van der Waals surface area contributed by atoms with Gasteiger partial charge in [-0.3, -0.25) is 14.3 Å². The molecule has 0 atom stereocenters. The molecule has 0 fully saturated rings. The Morgan fingerprint density at radius 2 is 1.93 bits per heavy atom. The van der Waals surface area contributed by atoms with E-state index in [0.29, 0.717) is 22.4 Å². The van der Waals surface area contributed by atoms with Crippen LogP contribution in [0.3, 0.4) is 0 Å². The summed E-state index contributed by atoms with van der Waals surface area (Å²) in [7, 11) is 0. The first-order valence-corrected chi connectivity index (χ1v) is 9.65. The zero-order valence-electron chi connectivity index (χ0n) is 15.1. The number of aromatic nitrogens is 5. The predicted octanol–water partition coefficient (Wildman–Crippen LogP) is 3.59. The summed E-state index contributed by atoms with van der Waals surface area (Å²) < 4.78 is 15.1. The maximum Gasteiger partial charge on any atom is 0.234 e. The van der Waals surface area contributed by atoms with Crippen LogP contribution in [0.5, 0.6) is 0 Å². The molecule has 29 heavy (non-hydrogen) atoms. The number of para-hydroxylation sites is 1. The maximum atomic E-state index is 13.3. The summed E-state index contributed by atoms with van der Waals surface area (Å²) in [4.78, 5) is 20.7. The number of rotatable bonds is 6. The Hall–Kier alpha value is -3.59. The molecule has 1 amide bonds. The molecule has 0 bridgehead atoms. The van der Waals surface area contributed by atoms with Crippen LogP contribution in [0.25, 0.3) is 17.2 Å². The van der Waals surface area contributed by atoms with Gasteiger partial charge in [0.15, 0.2) is 11.0 Å². The minimum Gasteiger partial charge on any atom is -0.325 e. The fourth-order valence-corrected chi connectivity index (χ4v) is 3.40. The number of carbonyl (C=O) groups is 1. The number of amides is 1. The van der Waals surface area contributed by atoms with E-state index >= 15 is 0 Å². The summed E-state index contributed by atoms with van der Waals surface area (Å²) in [6, 6.07) is 15.3. The number of hydrogen-bond acceptors (Lipinski definition) is 6. The van der Waals surface area contributed by atoms with Gasteiger partial charge in [-0.25, -0.2) is 9.37 Å². The van der Waals surface area contributed by atoms with Crippen molar-refractivity contribution in [2.45, 2.75) is 5.16 Å². The molecule has 7 nitrogen and oxygen atoms in total. The van der Waals surface area contributed by atoms with Crippen molar-refractivity contribution in [1.29, 1.82) is 0 Å². The first-order chi connectivity index (χ1) is 14.2. The molecule has 2 aromatic carbocycles. The summed E-state index contributed by atoms with van der Waals surface area (Å²) in [6.45, 7) is 0. The van der Waals surface area contributed by atoms with E-state index in [-0.39, 0.29) is 11.7 Å². The number of carbonyl (C=O) groups excluding carboxylic acids is 1. The van der Waals surface area contributed by atoms with Crippen molar-refractivity contribution in [2.75, 3.05) is 11.1 Å². The lowest BCUT2D eigenvalue weighted by Gasteiger charge is -2.10. The van der Waals surface area contributed by atoms with Crippen molar-refractivity contribution in [2.24, 2.45) is 0 Å². The second-order valence-corrected chi connectivity index (χ2v) is 6.86. The quantitative estimate of drug-likeness (QED) is 0.493. The van der Waals surface area contributed by atoms with Gasteiger partial charge in [-0.2, -0.15) is 0 Å². The van der Waals surface area contributed by atoms with Crippen LogP contribution < -0.4 is 5.32 Å². The molecule has 0 radical (unpaired) electrons. The number of benzene rings is 2. The summed E-state index contributed by atoms with van der Waals surface area (Å²) in [5, 5.41) is 11.7. The van der Waals surface area contributed by atoms with Crippen LogP contribution in [0.15, 0.2) is 78.3 Å². The zero-order chi connectivity index (χ0) is 20.1. The van der Waals surface area contributed by atoms with Gasteiger partial charge in [-0.05, 0) is 30.3 Å². The molecule has 0 spiro atoms. The van der Waals surface area contributed by atoms with Crippen LogP contribution in [0, 0.1) is 5.82 Å². The highest BCUT2D eigenvalue weighted by molar-refractivity contribution is 7.99. The van der Waals surface area contributed by atoms with Gasteiger partial charge in [0.05, 0.1) is 11.9 Å². The molecule has 2 heterocycles. The standard InChI is InChI=1S/C20H15FN6OS/c21-14-5-4-6-15(11-14)24-18(28)13-29-20-26-25-19(17-12-22-9-10-23-17)27(20)16-7-2-1-3-8-16/h1-12H,13H2,(H,24,28). The monoisotopic (exact) mass is 406 g/mol. The van der Waals surface area contributed by atoms with Crippen LogP contribution >= 0.6 is 11.8 Å². The van der Waals surface area contributed by atoms with E-state index in [2.05, 4.69) is 25.5 Å². The Balaban J connectivity index is 1.57. The normalized spacial score (nSPS) is 10.7. The first kappa shape index (κ1) is 18.8. The average Bonchev–Trinajstić information content (AvgIpc) is 3.17. The third-order valence-corrected chi connectivity index (χ3v) is 4.81. The lowest BCUT2D eigenvalue weighted by molar-refractivity contribution is -0.113. The van der Waals surface area contributed by atoms with Crippen LogP contribution in [-0.2, 0) is 4.79 Å². The Labute approximate surface area is 170 Å². The van der Waals surface area contributed by atoms with Crippen LogP contribution in [0.1, 0.15) is 0 Å². The molecule has 144 valence electrons. The van der Waals surface area contributed by atoms with E-state index in [9.17, 15) is 9.18 Å². The fourth-order valence-electron chi connectivity index (χ4n) is 2.65. The smallest absolute Gasteiger partial charge is 0.234 e. The molecule has 0 unspecified atom stereocenters. The van der Waals surface area contributed by atoms with Gasteiger partial charge >= 0.3 is 0 Å². The van der Waals surface area contributed by atoms with Crippen LogP contribution in [-0.4, -0.2) is 36.4 Å². The maximum absolute atomic E-state index is 13.3. The van der Waals surface area contributed by atoms with Crippen molar-refractivity contribution in [3.05, 3.63) is 79.0 Å². The third-order valence-electron chi connectivity index (χ3n) is 3.88. The average molecular weight is 406 g/mol. The molecule has 4 aromatic rings. The van der Waals surface area contributed by atoms with Gasteiger partial charge in [0, 0.05) is 23.8 Å². The Bertz CT molecular complexity index is 1120. The van der Waals surface area contributed by atoms with Crippen LogP contribution in [0.2, 0.25) is 0 Å². The largest absolute Gasteiger partial charge is 0.325 e. The van der Waals surface area contributed by atoms with Crippen molar-refractivity contribution in [3.8, 4) is 17.2 Å². The highest BCUT2D eigenvalue weighted by Crippen LogP contribution is 2.26. The van der Waals surface area contributed by atoms with Gasteiger partial charge in [-0.1, -0.05) is 36.0 Å². The molecule has 2 aromatic heterocycles. The van der Waals surface area contributed by atoms with Gasteiger partial charge in [0.25, 0.3) is 0 Å². The Kier molecular flexibility index (Phi) is 5.57. The summed E-state index contributed by atoms with van der Waals surface area (Å²) in [5.41, 5.74) is 1.81. The van der Waals surface area contributed by atoms with Gasteiger partial charge in [-0.15, -0.1) is 10.2 Å². The van der Waals surface area contributed by atoms with Crippen molar-refractivity contribution in [1.82, 2.24) is 24.7 Å². The van der Waals surface area contributed by atoms with E-state index < -0.39 is 5.82 Å². The van der Waals surface area contributed by atoms with Gasteiger partial charge in [0.1, 0.15) is 11.5 Å². The number of thioether (sulfide) groups is 1. The Morgan fingerprint density at radius 3 is 2.69 bits per heavy atom. The zero-order valence-corrected chi connectivity index (χ0v) is 15.9. The van der Waals surface area contributed by atoms with Crippen molar-refractivity contribution >= 4 is 23.4 Å². The molecule has 0 saturated carbocycles. The molecule has 9 heteroatoms. The van der Waals surface area contributed by atoms with E-state index in [4.69, 9.17) is 0 Å². The van der Waals surface area contributed by atoms with E-state index in [1.54, 1.807) is 24.7 Å². The molecular formula is C20H15FN6OS. The number of hydrogen-bond donors (Lipinski definition) is 1. The predicted molar refractivity (Wildman–Crippen MR) is 108 cm³/mol. The topological polar surface area (TPSA) is 85.6 Å². The minimum atomic E-state index is -0.409. The Morgan fingerprint density at radius 1 is 1.07 bits per heavy atom. The van der Waals surface area contributed by atoms with E-state index in [0.717, 1.165) is 5.69 Å². The lowest BCUT2D eigenvalue weighted by atomic mass is 10.3. The molecule has 0 aliphatic heterocycles. The second kappa shape index (κ2) is 8.61. The number of nitrogens with one attached hydrogen (secondary N) is 1. The van der Waals surface area contributed by atoms with E-state index in [1.165, 1.54) is 30.0 Å². The highest BCUT2D eigenvalue weighted by Gasteiger charge is 2.18. The molecule has 0 aliphatic carbocycles. The third kappa shape index (κ3) is 4.46. The second-order valence-electron chi connectivity index (χ2n) is 5.91. The minimum absolute atomic E-state index is 0.0853. The molecule has 0 saturated heterocycles. The number of nitrogens with zero attached hydrogens (tertiary/aromatic N) is 5. The molecule has 1 N–H and O–H groups in total. The molecular weight excluding hydrogens is 391 g/mol. The van der Waals surface area contributed by atoms with Gasteiger partial charge in [0.2, 0.25) is 5.91 Å².